The number of nitrogens with two attached hydrogens (primary N) is 1. The number of fused-ring (bicyclic) bond motifs is 1. The van der Waals surface area contributed by atoms with Crippen LogP contribution in [0.1, 0.15) is 11.3 Å². The van der Waals surface area contributed by atoms with E-state index in [4.69, 9.17) is 17.3 Å². The van der Waals surface area contributed by atoms with Crippen molar-refractivity contribution in [3.63, 3.8) is 0 Å². The van der Waals surface area contributed by atoms with Gasteiger partial charge in [0.05, 0.1) is 4.88 Å². The molecule has 0 saturated carbocycles. The number of hydrogen-bond donors (Lipinski definition) is 2. The summed E-state index contributed by atoms with van der Waals surface area (Å²) in [5.41, 5.74) is 6.71. The monoisotopic (exact) mass is 462 g/mol. The number of nitrogens with zero attached hydrogens (tertiary/aromatic N) is 2. The topological polar surface area (TPSA) is 63.8 Å². The van der Waals surface area contributed by atoms with E-state index >= 15 is 0 Å². The largest absolute Gasteiger partial charge is 0.434 e. The number of halogens is 4. The van der Waals surface area contributed by atoms with Gasteiger partial charge in [-0.25, -0.2) is 4.98 Å². The number of alkyl halides is 3. The van der Waals surface area contributed by atoms with Crippen molar-refractivity contribution < 1.29 is 13.2 Å². The zero-order chi connectivity index (χ0) is 22.0. The maximum Gasteiger partial charge on any atom is 0.434 e. The molecule has 0 radical (unpaired) electrons. The van der Waals surface area contributed by atoms with E-state index < -0.39 is 11.9 Å². The SMILES string of the molecule is N[C@H](CNc1nc(C(F)(F)F)c(-c2ccc3cnccc3c2)s1)Cc1ccc(Cl)cc1. The molecule has 0 aliphatic rings. The number of nitrogens with one attached hydrogen (secondary N) is 1. The van der Waals surface area contributed by atoms with Gasteiger partial charge in [0.15, 0.2) is 10.8 Å². The Morgan fingerprint density at radius 1 is 1.06 bits per heavy atom. The highest BCUT2D eigenvalue weighted by molar-refractivity contribution is 7.19. The smallest absolute Gasteiger partial charge is 0.360 e. The summed E-state index contributed by atoms with van der Waals surface area (Å²) >= 11 is 6.85. The second-order valence-electron chi connectivity index (χ2n) is 7.10. The summed E-state index contributed by atoms with van der Waals surface area (Å²) in [5.74, 6) is 0. The zero-order valence-corrected chi connectivity index (χ0v) is 17.7. The summed E-state index contributed by atoms with van der Waals surface area (Å²) in [6.07, 6.45) is -0.721. The van der Waals surface area contributed by atoms with Crippen molar-refractivity contribution in [3.8, 4) is 10.4 Å². The molecular formula is C22H18ClF3N4S. The number of pyridine rings is 1. The molecule has 0 aliphatic carbocycles. The molecule has 0 amide bonds. The summed E-state index contributed by atoms with van der Waals surface area (Å²) in [7, 11) is 0. The number of thiazole rings is 1. The van der Waals surface area contributed by atoms with Crippen LogP contribution in [0.15, 0.2) is 60.9 Å². The Morgan fingerprint density at radius 2 is 1.84 bits per heavy atom. The Hall–Kier alpha value is -2.68. The van der Waals surface area contributed by atoms with Gasteiger partial charge in [0.25, 0.3) is 0 Å². The average Bonchev–Trinajstić information content (AvgIpc) is 3.19. The van der Waals surface area contributed by atoms with Gasteiger partial charge in [0.2, 0.25) is 0 Å². The normalized spacial score (nSPS) is 12.8. The van der Waals surface area contributed by atoms with Crippen LogP contribution in [0.4, 0.5) is 18.3 Å². The molecule has 0 fully saturated rings. The van der Waals surface area contributed by atoms with Gasteiger partial charge >= 0.3 is 6.18 Å². The Balaban J connectivity index is 1.54. The van der Waals surface area contributed by atoms with E-state index in [1.807, 2.05) is 12.1 Å². The fourth-order valence-electron chi connectivity index (χ4n) is 3.22. The maximum absolute atomic E-state index is 13.7. The molecule has 4 rings (SSSR count). The first-order chi connectivity index (χ1) is 14.8. The van der Waals surface area contributed by atoms with Crippen LogP contribution in [0, 0.1) is 0 Å². The molecule has 3 N–H and O–H groups in total. The Kier molecular flexibility index (Phi) is 6.13. The fraction of sp³-hybridized carbons (Fsp3) is 0.182. The molecule has 0 spiro atoms. The lowest BCUT2D eigenvalue weighted by Gasteiger charge is -2.12. The van der Waals surface area contributed by atoms with Gasteiger partial charge in [0, 0.05) is 35.4 Å². The molecule has 31 heavy (non-hydrogen) atoms. The van der Waals surface area contributed by atoms with Gasteiger partial charge in [0.1, 0.15) is 0 Å². The van der Waals surface area contributed by atoms with Crippen LogP contribution in [0.25, 0.3) is 21.2 Å². The maximum atomic E-state index is 13.7. The van der Waals surface area contributed by atoms with Crippen LogP contribution in [0.2, 0.25) is 5.02 Å². The minimum absolute atomic E-state index is 0.0694. The van der Waals surface area contributed by atoms with Crippen LogP contribution in [-0.2, 0) is 12.6 Å². The van der Waals surface area contributed by atoms with Crippen LogP contribution in [0.5, 0.6) is 0 Å². The number of aromatic nitrogens is 2. The Morgan fingerprint density at radius 3 is 2.58 bits per heavy atom. The molecule has 0 saturated heterocycles. The van der Waals surface area contributed by atoms with E-state index in [2.05, 4.69) is 15.3 Å². The molecule has 4 nitrogen and oxygen atoms in total. The highest BCUT2D eigenvalue weighted by atomic mass is 35.5. The third-order valence-electron chi connectivity index (χ3n) is 4.73. The molecule has 0 aliphatic heterocycles. The molecule has 0 unspecified atom stereocenters. The van der Waals surface area contributed by atoms with Crippen molar-refractivity contribution >= 4 is 38.8 Å². The first kappa shape index (κ1) is 21.5. The zero-order valence-electron chi connectivity index (χ0n) is 16.2. The average molecular weight is 463 g/mol. The van der Waals surface area contributed by atoms with E-state index in [0.717, 1.165) is 27.7 Å². The molecule has 2 aromatic carbocycles. The lowest BCUT2D eigenvalue weighted by atomic mass is 10.1. The minimum Gasteiger partial charge on any atom is -0.360 e. The number of anilines is 1. The molecule has 9 heteroatoms. The van der Waals surface area contributed by atoms with Gasteiger partial charge in [-0.3, -0.25) is 4.98 Å². The predicted octanol–water partition coefficient (Wildman–Crippen LogP) is 6.01. The van der Waals surface area contributed by atoms with Crippen molar-refractivity contribution in [2.24, 2.45) is 5.73 Å². The Bertz CT molecular complexity index is 1190. The highest BCUT2D eigenvalue weighted by Gasteiger charge is 2.38. The van der Waals surface area contributed by atoms with Crippen LogP contribution in [0.3, 0.4) is 0 Å². The van der Waals surface area contributed by atoms with E-state index in [-0.39, 0.29) is 22.6 Å². The molecule has 160 valence electrons. The summed E-state index contributed by atoms with van der Waals surface area (Å²) in [6.45, 7) is 0.288. The first-order valence-corrected chi connectivity index (χ1v) is 10.6. The van der Waals surface area contributed by atoms with Crippen molar-refractivity contribution in [1.82, 2.24) is 9.97 Å². The number of rotatable bonds is 6. The van der Waals surface area contributed by atoms with Crippen molar-refractivity contribution in [2.75, 3.05) is 11.9 Å². The van der Waals surface area contributed by atoms with Gasteiger partial charge in [-0.1, -0.05) is 47.2 Å². The van der Waals surface area contributed by atoms with E-state index in [1.54, 1.807) is 48.8 Å². The molecule has 2 aromatic heterocycles. The van der Waals surface area contributed by atoms with Crippen molar-refractivity contribution in [1.29, 1.82) is 0 Å². The van der Waals surface area contributed by atoms with Crippen molar-refractivity contribution in [3.05, 3.63) is 77.2 Å². The predicted molar refractivity (Wildman–Crippen MR) is 119 cm³/mol. The highest BCUT2D eigenvalue weighted by Crippen LogP contribution is 2.42. The van der Waals surface area contributed by atoms with E-state index in [9.17, 15) is 13.2 Å². The molecular weight excluding hydrogens is 445 g/mol. The van der Waals surface area contributed by atoms with Crippen molar-refractivity contribution in [2.45, 2.75) is 18.6 Å². The molecule has 1 atom stereocenters. The Labute approximate surface area is 185 Å². The van der Waals surface area contributed by atoms with Crippen LogP contribution in [-0.4, -0.2) is 22.6 Å². The van der Waals surface area contributed by atoms with Gasteiger partial charge in [-0.15, -0.1) is 0 Å². The standard InChI is InChI=1S/C22H18ClF3N4S/c23-17-5-1-13(2-6-17)9-18(27)12-29-21-30-20(22(24,25)26)19(31-21)15-3-4-16-11-28-8-7-14(16)10-15/h1-8,10-11,18H,9,12,27H2,(H,29,30)/t18-/m0/s1. The van der Waals surface area contributed by atoms with Gasteiger partial charge < -0.3 is 11.1 Å². The summed E-state index contributed by atoms with van der Waals surface area (Å²) in [6, 6.07) is 13.9. The first-order valence-electron chi connectivity index (χ1n) is 9.45. The second kappa shape index (κ2) is 8.82. The third-order valence-corrected chi connectivity index (χ3v) is 6.04. The lowest BCUT2D eigenvalue weighted by molar-refractivity contribution is -0.140. The quantitative estimate of drug-likeness (QED) is 0.368. The van der Waals surface area contributed by atoms with E-state index in [0.29, 0.717) is 17.0 Å². The number of hydrogen-bond acceptors (Lipinski definition) is 5. The van der Waals surface area contributed by atoms with Gasteiger partial charge in [-0.05, 0) is 47.2 Å². The fourth-order valence-corrected chi connectivity index (χ4v) is 4.34. The number of benzene rings is 2. The summed E-state index contributed by atoms with van der Waals surface area (Å²) < 4.78 is 41.0. The third kappa shape index (κ3) is 5.15. The lowest BCUT2D eigenvalue weighted by Crippen LogP contribution is -2.31. The summed E-state index contributed by atoms with van der Waals surface area (Å²) in [5, 5.41) is 5.45. The molecule has 4 aromatic rings. The van der Waals surface area contributed by atoms with E-state index in [1.165, 1.54) is 0 Å². The summed E-state index contributed by atoms with van der Waals surface area (Å²) in [4.78, 5) is 7.93. The molecule has 0 bridgehead atoms. The van der Waals surface area contributed by atoms with Crippen LogP contribution < -0.4 is 11.1 Å². The van der Waals surface area contributed by atoms with Crippen LogP contribution >= 0.6 is 22.9 Å². The second-order valence-corrected chi connectivity index (χ2v) is 8.54. The minimum atomic E-state index is -4.57. The van der Waals surface area contributed by atoms with Gasteiger partial charge in [-0.2, -0.15) is 13.2 Å². The molecule has 2 heterocycles.